The summed E-state index contributed by atoms with van der Waals surface area (Å²) in [6.07, 6.45) is 2.34. The van der Waals surface area contributed by atoms with Crippen molar-refractivity contribution in [2.24, 2.45) is 0 Å². The molecular weight excluding hydrogens is 761 g/mol. The second-order valence-electron chi connectivity index (χ2n) is 14.0. The maximum absolute atomic E-state index is 14.2. The van der Waals surface area contributed by atoms with Crippen LogP contribution in [-0.4, -0.2) is 69.9 Å². The highest BCUT2D eigenvalue weighted by molar-refractivity contribution is 6.31. The van der Waals surface area contributed by atoms with Crippen LogP contribution in [0.2, 0.25) is 10.0 Å². The Morgan fingerprint density at radius 3 is 2.25 bits per heavy atom. The molecule has 0 aliphatic heterocycles. The standard InChI is InChI=1S/C40H45Cl2N7O7/c1-10-55-37(51)33-31(34(23(2)3)49(46-33)30-20-43-38(45-35(30)54-9)47(7)39(52)56-40(4,5)6)32(25-13-15-26(41)16-14-25)44-29-19-27(42)22-48(36(29)50)21-24-11-17-28(53-8)18-12-24/h11-20,22-23,32,44H,10,21H2,1-9H3. The molecule has 2 aromatic carbocycles. The molecule has 0 aliphatic carbocycles. The van der Waals surface area contributed by atoms with Crippen LogP contribution in [0.4, 0.5) is 16.4 Å². The van der Waals surface area contributed by atoms with E-state index in [1.807, 2.05) is 38.1 Å². The monoisotopic (exact) mass is 805 g/mol. The van der Waals surface area contributed by atoms with E-state index in [1.54, 1.807) is 65.3 Å². The third-order valence-corrected chi connectivity index (χ3v) is 8.90. The maximum atomic E-state index is 14.2. The number of benzene rings is 2. The van der Waals surface area contributed by atoms with E-state index in [9.17, 15) is 14.4 Å². The van der Waals surface area contributed by atoms with Crippen molar-refractivity contribution in [2.75, 3.05) is 38.1 Å². The van der Waals surface area contributed by atoms with Gasteiger partial charge in [-0.3, -0.25) is 4.79 Å². The molecule has 0 saturated carbocycles. The van der Waals surface area contributed by atoms with Gasteiger partial charge in [-0.1, -0.05) is 61.3 Å². The van der Waals surface area contributed by atoms with Crippen molar-refractivity contribution in [2.45, 2.75) is 65.6 Å². The number of carbonyl (C=O) groups is 2. The highest BCUT2D eigenvalue weighted by atomic mass is 35.5. The van der Waals surface area contributed by atoms with Crippen molar-refractivity contribution in [1.82, 2.24) is 24.3 Å². The lowest BCUT2D eigenvalue weighted by molar-refractivity contribution is 0.0516. The Morgan fingerprint density at radius 2 is 1.66 bits per heavy atom. The molecule has 5 aromatic rings. The van der Waals surface area contributed by atoms with Gasteiger partial charge in [0.2, 0.25) is 11.8 Å². The Morgan fingerprint density at radius 1 is 0.982 bits per heavy atom. The number of esters is 1. The maximum Gasteiger partial charge on any atom is 0.416 e. The summed E-state index contributed by atoms with van der Waals surface area (Å²) in [7, 11) is 4.49. The van der Waals surface area contributed by atoms with Gasteiger partial charge < -0.3 is 28.8 Å². The molecule has 3 aromatic heterocycles. The molecule has 56 heavy (non-hydrogen) atoms. The van der Waals surface area contributed by atoms with Gasteiger partial charge in [-0.15, -0.1) is 0 Å². The van der Waals surface area contributed by atoms with Gasteiger partial charge in [-0.25, -0.2) is 24.2 Å². The van der Waals surface area contributed by atoms with Crippen LogP contribution in [0.1, 0.15) is 86.4 Å². The molecule has 0 radical (unpaired) electrons. The molecule has 1 amide bonds. The topological polar surface area (TPSA) is 152 Å². The van der Waals surface area contributed by atoms with Crippen LogP contribution in [0, 0.1) is 0 Å². The van der Waals surface area contributed by atoms with Gasteiger partial charge in [0.15, 0.2) is 5.69 Å². The summed E-state index contributed by atoms with van der Waals surface area (Å²) in [5.74, 6) is -0.238. The van der Waals surface area contributed by atoms with E-state index in [4.69, 9.17) is 47.2 Å². The fourth-order valence-corrected chi connectivity index (χ4v) is 6.27. The summed E-state index contributed by atoms with van der Waals surface area (Å²) in [6.45, 7) is 11.1. The number of hydrogen-bond donors (Lipinski definition) is 1. The highest BCUT2D eigenvalue weighted by Crippen LogP contribution is 2.38. The number of rotatable bonds is 13. The first-order valence-electron chi connectivity index (χ1n) is 17.8. The molecule has 1 atom stereocenters. The van der Waals surface area contributed by atoms with Gasteiger partial charge in [-0.2, -0.15) is 10.1 Å². The predicted octanol–water partition coefficient (Wildman–Crippen LogP) is 8.07. The minimum Gasteiger partial charge on any atom is -0.497 e. The van der Waals surface area contributed by atoms with Crippen molar-refractivity contribution in [3.05, 3.63) is 115 Å². The van der Waals surface area contributed by atoms with Gasteiger partial charge in [0.1, 0.15) is 22.7 Å². The van der Waals surface area contributed by atoms with Crippen LogP contribution in [0.5, 0.6) is 11.6 Å². The molecule has 16 heteroatoms. The molecule has 1 unspecified atom stereocenters. The second-order valence-corrected chi connectivity index (χ2v) is 14.9. The average Bonchev–Trinajstić information content (AvgIpc) is 3.56. The Balaban J connectivity index is 1.71. The first-order chi connectivity index (χ1) is 26.5. The minimum atomic E-state index is -0.872. The van der Waals surface area contributed by atoms with Gasteiger partial charge in [0.05, 0.1) is 50.3 Å². The number of hydrogen-bond acceptors (Lipinski definition) is 11. The van der Waals surface area contributed by atoms with Crippen molar-refractivity contribution in [3.8, 4) is 17.3 Å². The van der Waals surface area contributed by atoms with E-state index >= 15 is 0 Å². The van der Waals surface area contributed by atoms with Crippen LogP contribution in [-0.2, 0) is 16.0 Å². The molecule has 0 fully saturated rings. The van der Waals surface area contributed by atoms with Crippen LogP contribution in [0.25, 0.3) is 5.69 Å². The van der Waals surface area contributed by atoms with E-state index in [2.05, 4.69) is 15.3 Å². The van der Waals surface area contributed by atoms with Gasteiger partial charge >= 0.3 is 12.1 Å². The van der Waals surface area contributed by atoms with E-state index in [0.29, 0.717) is 32.6 Å². The van der Waals surface area contributed by atoms with Crippen molar-refractivity contribution >= 4 is 46.9 Å². The lowest BCUT2D eigenvalue weighted by Gasteiger charge is -2.25. The number of pyridine rings is 1. The number of ether oxygens (including phenoxy) is 4. The zero-order valence-electron chi connectivity index (χ0n) is 32.7. The smallest absolute Gasteiger partial charge is 0.416 e. The molecule has 1 N–H and O–H groups in total. The van der Waals surface area contributed by atoms with Gasteiger partial charge in [0, 0.05) is 23.8 Å². The number of amides is 1. The van der Waals surface area contributed by atoms with Crippen molar-refractivity contribution < 1.29 is 28.5 Å². The summed E-state index contributed by atoms with van der Waals surface area (Å²) in [5.41, 5.74) is 1.77. The van der Waals surface area contributed by atoms with E-state index < -0.39 is 23.7 Å². The molecule has 3 heterocycles. The number of aromatic nitrogens is 5. The first kappa shape index (κ1) is 41.6. The Kier molecular flexibility index (Phi) is 13.0. The number of nitrogens with zero attached hydrogens (tertiary/aromatic N) is 6. The van der Waals surface area contributed by atoms with E-state index in [-0.39, 0.29) is 53.5 Å². The van der Waals surface area contributed by atoms with Gasteiger partial charge in [-0.05, 0) is 75.1 Å². The Labute approximate surface area is 335 Å². The van der Waals surface area contributed by atoms with Crippen LogP contribution < -0.4 is 25.2 Å². The minimum absolute atomic E-state index is 0.0107. The van der Waals surface area contributed by atoms with E-state index in [0.717, 1.165) is 10.5 Å². The molecule has 0 saturated heterocycles. The fraction of sp³-hybridized carbons (Fsp3) is 0.350. The SMILES string of the molecule is CCOC(=O)c1nn(-c2cnc(N(C)C(=O)OC(C)(C)C)nc2OC)c(C(C)C)c1C(Nc1cc(Cl)cn(Cc2ccc(OC)cc2)c1=O)c1ccc(Cl)cc1. The summed E-state index contributed by atoms with van der Waals surface area (Å²) < 4.78 is 25.1. The predicted molar refractivity (Wildman–Crippen MR) is 215 cm³/mol. The molecule has 0 spiro atoms. The number of methoxy groups -OCH3 is 2. The van der Waals surface area contributed by atoms with Crippen LogP contribution in [0.15, 0.2) is 71.8 Å². The second kappa shape index (κ2) is 17.5. The third-order valence-electron chi connectivity index (χ3n) is 8.44. The van der Waals surface area contributed by atoms with Crippen LogP contribution >= 0.6 is 23.2 Å². The largest absolute Gasteiger partial charge is 0.497 e. The summed E-state index contributed by atoms with van der Waals surface area (Å²) >= 11 is 13.0. The highest BCUT2D eigenvalue weighted by Gasteiger charge is 2.34. The zero-order valence-corrected chi connectivity index (χ0v) is 34.2. The molecule has 14 nitrogen and oxygen atoms in total. The number of nitrogens with one attached hydrogen (secondary N) is 1. The third kappa shape index (κ3) is 9.43. The summed E-state index contributed by atoms with van der Waals surface area (Å²) in [6, 6.07) is 15.0. The summed E-state index contributed by atoms with van der Waals surface area (Å²) in [4.78, 5) is 51.0. The molecular formula is C40H45Cl2N7O7. The van der Waals surface area contributed by atoms with Gasteiger partial charge in [0.25, 0.3) is 5.56 Å². The number of anilines is 2. The first-order valence-corrected chi connectivity index (χ1v) is 18.5. The Hall–Kier alpha value is -5.60. The lowest BCUT2D eigenvalue weighted by Crippen LogP contribution is -2.35. The molecule has 0 bridgehead atoms. The number of carbonyl (C=O) groups excluding carboxylic acids is 2. The fourth-order valence-electron chi connectivity index (χ4n) is 5.92. The van der Waals surface area contributed by atoms with Crippen LogP contribution in [0.3, 0.4) is 0 Å². The lowest BCUT2D eigenvalue weighted by atomic mass is 9.92. The molecule has 5 rings (SSSR count). The molecule has 0 aliphatic rings. The molecule has 296 valence electrons. The van der Waals surface area contributed by atoms with Crippen molar-refractivity contribution in [1.29, 1.82) is 0 Å². The van der Waals surface area contributed by atoms with Crippen molar-refractivity contribution in [3.63, 3.8) is 0 Å². The zero-order chi connectivity index (χ0) is 40.9. The quantitative estimate of drug-likeness (QED) is 0.115. The van der Waals surface area contributed by atoms with E-state index in [1.165, 1.54) is 35.7 Å². The Bertz CT molecular complexity index is 2250. The summed E-state index contributed by atoms with van der Waals surface area (Å²) in [5, 5.41) is 9.01. The normalized spacial score (nSPS) is 11.9. The average molecular weight is 807 g/mol. The number of halogens is 2.